The van der Waals surface area contributed by atoms with Crippen LogP contribution in [0.2, 0.25) is 0 Å². The normalized spacial score (nSPS) is 13.8. The Bertz CT molecular complexity index is 902. The largest absolute Gasteiger partial charge is 0.460 e. The Labute approximate surface area is 188 Å². The van der Waals surface area contributed by atoms with Crippen molar-refractivity contribution in [3.05, 3.63) is 41.5 Å². The minimum Gasteiger partial charge on any atom is -0.460 e. The Kier molecular flexibility index (Phi) is 9.05. The number of aryl methyl sites for hydroxylation is 1. The summed E-state index contributed by atoms with van der Waals surface area (Å²) in [6.07, 6.45) is 2.11. The lowest BCUT2D eigenvalue weighted by Gasteiger charge is -2.28. The summed E-state index contributed by atoms with van der Waals surface area (Å²) in [5.74, 6) is 1.22. The SMILES string of the molecule is CCCNC(=O)OCCOc1nc(N/N=C/c2cccc(C)c2)cc(N2CCOCC2)n1. The van der Waals surface area contributed by atoms with Gasteiger partial charge in [0, 0.05) is 25.7 Å². The second-order valence-corrected chi connectivity index (χ2v) is 7.19. The number of nitrogens with zero attached hydrogens (tertiary/aromatic N) is 4. The number of nitrogens with one attached hydrogen (secondary N) is 2. The van der Waals surface area contributed by atoms with Crippen LogP contribution in [-0.4, -0.2) is 68.3 Å². The highest BCUT2D eigenvalue weighted by Gasteiger charge is 2.15. The van der Waals surface area contributed by atoms with Crippen LogP contribution in [0.4, 0.5) is 16.4 Å². The van der Waals surface area contributed by atoms with E-state index in [0.29, 0.717) is 31.4 Å². The van der Waals surface area contributed by atoms with E-state index < -0.39 is 6.09 Å². The molecule has 0 aliphatic carbocycles. The molecule has 1 aliphatic rings. The summed E-state index contributed by atoms with van der Waals surface area (Å²) < 4.78 is 16.1. The van der Waals surface area contributed by atoms with Crippen molar-refractivity contribution < 1.29 is 19.0 Å². The fourth-order valence-corrected chi connectivity index (χ4v) is 2.96. The van der Waals surface area contributed by atoms with Crippen molar-refractivity contribution in [2.75, 3.05) is 56.4 Å². The van der Waals surface area contributed by atoms with Crippen LogP contribution in [0.5, 0.6) is 6.01 Å². The molecule has 3 rings (SSSR count). The Morgan fingerprint density at radius 3 is 2.88 bits per heavy atom. The number of ether oxygens (including phenoxy) is 3. The highest BCUT2D eigenvalue weighted by molar-refractivity contribution is 5.80. The minimum atomic E-state index is -0.466. The van der Waals surface area contributed by atoms with Gasteiger partial charge in [-0.15, -0.1) is 0 Å². The van der Waals surface area contributed by atoms with Gasteiger partial charge in [-0.3, -0.25) is 5.43 Å². The predicted octanol–water partition coefficient (Wildman–Crippen LogP) is 2.58. The average Bonchev–Trinajstić information content (AvgIpc) is 2.81. The highest BCUT2D eigenvalue weighted by Crippen LogP contribution is 2.20. The fourth-order valence-electron chi connectivity index (χ4n) is 2.96. The molecule has 0 bridgehead atoms. The van der Waals surface area contributed by atoms with Gasteiger partial charge in [0.2, 0.25) is 0 Å². The molecular formula is C22H30N6O4. The molecule has 2 heterocycles. The van der Waals surface area contributed by atoms with E-state index in [2.05, 4.69) is 30.7 Å². The molecule has 0 radical (unpaired) electrons. The quantitative estimate of drug-likeness (QED) is 0.328. The second kappa shape index (κ2) is 12.5. The Hall–Kier alpha value is -3.40. The maximum Gasteiger partial charge on any atom is 0.407 e. The molecule has 0 atom stereocenters. The van der Waals surface area contributed by atoms with Gasteiger partial charge in [-0.25, -0.2) is 4.79 Å². The Morgan fingerprint density at radius 2 is 2.09 bits per heavy atom. The molecule has 2 aromatic rings. The van der Waals surface area contributed by atoms with Crippen molar-refractivity contribution in [1.29, 1.82) is 0 Å². The van der Waals surface area contributed by atoms with Crippen LogP contribution in [0, 0.1) is 6.92 Å². The molecule has 1 saturated heterocycles. The number of amides is 1. The van der Waals surface area contributed by atoms with E-state index in [4.69, 9.17) is 14.2 Å². The van der Waals surface area contributed by atoms with E-state index in [9.17, 15) is 4.79 Å². The maximum atomic E-state index is 11.5. The van der Waals surface area contributed by atoms with Gasteiger partial charge >= 0.3 is 12.1 Å². The van der Waals surface area contributed by atoms with Crippen LogP contribution in [-0.2, 0) is 9.47 Å². The third kappa shape index (κ3) is 7.69. The summed E-state index contributed by atoms with van der Waals surface area (Å²) in [4.78, 5) is 22.5. The minimum absolute atomic E-state index is 0.0922. The molecular weight excluding hydrogens is 412 g/mol. The number of hydrazone groups is 1. The Morgan fingerprint density at radius 1 is 1.25 bits per heavy atom. The summed E-state index contributed by atoms with van der Waals surface area (Å²) in [5, 5.41) is 6.93. The first-order valence-corrected chi connectivity index (χ1v) is 10.7. The van der Waals surface area contributed by atoms with Crippen molar-refractivity contribution in [3.63, 3.8) is 0 Å². The molecule has 1 aliphatic heterocycles. The summed E-state index contributed by atoms with van der Waals surface area (Å²) in [7, 11) is 0. The lowest BCUT2D eigenvalue weighted by atomic mass is 10.2. The lowest BCUT2D eigenvalue weighted by Crippen LogP contribution is -2.36. The van der Waals surface area contributed by atoms with E-state index in [-0.39, 0.29) is 19.2 Å². The number of morpholine rings is 1. The maximum absolute atomic E-state index is 11.5. The molecule has 172 valence electrons. The van der Waals surface area contributed by atoms with Gasteiger partial charge in [-0.2, -0.15) is 15.1 Å². The standard InChI is InChI=1S/C22H30N6O4/c1-3-7-23-22(29)32-13-12-31-21-25-19(15-20(26-21)28-8-10-30-11-9-28)27-24-16-18-6-4-5-17(2)14-18/h4-6,14-16H,3,7-13H2,1-2H3,(H,23,29)(H,25,26,27)/b24-16+. The number of hydrogen-bond acceptors (Lipinski definition) is 9. The molecule has 0 saturated carbocycles. The smallest absolute Gasteiger partial charge is 0.407 e. The van der Waals surface area contributed by atoms with Crippen LogP contribution in [0.1, 0.15) is 24.5 Å². The van der Waals surface area contributed by atoms with Crippen LogP contribution >= 0.6 is 0 Å². The number of carbonyl (C=O) groups is 1. The van der Waals surface area contributed by atoms with Gasteiger partial charge in [-0.05, 0) is 18.9 Å². The van der Waals surface area contributed by atoms with E-state index in [1.54, 1.807) is 6.21 Å². The van der Waals surface area contributed by atoms with E-state index in [0.717, 1.165) is 30.6 Å². The molecule has 1 aromatic heterocycles. The van der Waals surface area contributed by atoms with Crippen molar-refractivity contribution >= 4 is 23.9 Å². The summed E-state index contributed by atoms with van der Waals surface area (Å²) in [6.45, 7) is 7.52. The Balaban J connectivity index is 1.63. The molecule has 10 nitrogen and oxygen atoms in total. The van der Waals surface area contributed by atoms with Gasteiger partial charge in [-0.1, -0.05) is 36.8 Å². The fraction of sp³-hybridized carbons (Fsp3) is 0.455. The molecule has 1 amide bonds. The van der Waals surface area contributed by atoms with Crippen LogP contribution in [0.15, 0.2) is 35.4 Å². The van der Waals surface area contributed by atoms with E-state index in [1.165, 1.54) is 0 Å². The second-order valence-electron chi connectivity index (χ2n) is 7.19. The third-order valence-corrected chi connectivity index (χ3v) is 4.53. The van der Waals surface area contributed by atoms with E-state index in [1.807, 2.05) is 44.2 Å². The zero-order valence-corrected chi connectivity index (χ0v) is 18.5. The topological polar surface area (TPSA) is 110 Å². The van der Waals surface area contributed by atoms with Crippen molar-refractivity contribution in [1.82, 2.24) is 15.3 Å². The number of benzene rings is 1. The van der Waals surface area contributed by atoms with Crippen molar-refractivity contribution in [3.8, 4) is 6.01 Å². The van der Waals surface area contributed by atoms with Crippen LogP contribution < -0.4 is 20.4 Å². The number of alkyl carbamates (subject to hydrolysis) is 1. The predicted molar refractivity (Wildman–Crippen MR) is 123 cm³/mol. The van der Waals surface area contributed by atoms with Gasteiger partial charge in [0.1, 0.15) is 19.0 Å². The number of rotatable bonds is 10. The third-order valence-electron chi connectivity index (χ3n) is 4.53. The highest BCUT2D eigenvalue weighted by atomic mass is 16.6. The average molecular weight is 443 g/mol. The lowest BCUT2D eigenvalue weighted by molar-refractivity contribution is 0.120. The van der Waals surface area contributed by atoms with E-state index >= 15 is 0 Å². The first kappa shape index (κ1) is 23.3. The molecule has 0 spiro atoms. The first-order valence-electron chi connectivity index (χ1n) is 10.7. The number of anilines is 2. The molecule has 0 unspecified atom stereocenters. The van der Waals surface area contributed by atoms with Gasteiger partial charge in [0.05, 0.1) is 19.4 Å². The molecule has 2 N–H and O–H groups in total. The zero-order chi connectivity index (χ0) is 22.6. The number of carbonyl (C=O) groups excluding carboxylic acids is 1. The number of hydrogen-bond donors (Lipinski definition) is 2. The first-order chi connectivity index (χ1) is 15.6. The van der Waals surface area contributed by atoms with Gasteiger partial charge < -0.3 is 24.4 Å². The summed E-state index contributed by atoms with van der Waals surface area (Å²) in [5.41, 5.74) is 5.09. The summed E-state index contributed by atoms with van der Waals surface area (Å²) in [6, 6.07) is 10.0. The number of aromatic nitrogens is 2. The molecule has 1 fully saturated rings. The molecule has 1 aromatic carbocycles. The zero-order valence-electron chi connectivity index (χ0n) is 18.5. The monoisotopic (exact) mass is 442 g/mol. The molecule has 32 heavy (non-hydrogen) atoms. The van der Waals surface area contributed by atoms with Crippen LogP contribution in [0.3, 0.4) is 0 Å². The van der Waals surface area contributed by atoms with Crippen molar-refractivity contribution in [2.24, 2.45) is 5.10 Å². The van der Waals surface area contributed by atoms with Gasteiger partial charge in [0.15, 0.2) is 5.82 Å². The van der Waals surface area contributed by atoms with Crippen molar-refractivity contribution in [2.45, 2.75) is 20.3 Å². The summed E-state index contributed by atoms with van der Waals surface area (Å²) >= 11 is 0. The van der Waals surface area contributed by atoms with Crippen LogP contribution in [0.25, 0.3) is 0 Å². The molecule has 10 heteroatoms. The van der Waals surface area contributed by atoms with Gasteiger partial charge in [0.25, 0.3) is 0 Å².